The maximum atomic E-state index is 10.7. The van der Waals surface area contributed by atoms with Crippen molar-refractivity contribution in [2.75, 3.05) is 0 Å². The average molecular weight is 306 g/mol. The number of azo groups is 1. The van der Waals surface area contributed by atoms with Crippen LogP contribution in [0.5, 0.6) is 0 Å². The van der Waals surface area contributed by atoms with Gasteiger partial charge in [0.05, 0.1) is 21.2 Å². The number of benzene rings is 2. The Bertz CT molecular complexity index is 783. The number of nitrogens with zero attached hydrogens (tertiary/aromatic N) is 3. The van der Waals surface area contributed by atoms with E-state index in [1.807, 2.05) is 0 Å². The average Bonchev–Trinajstić information content (AvgIpc) is 2.45. The lowest BCUT2D eigenvalue weighted by molar-refractivity contribution is -0.384. The lowest BCUT2D eigenvalue weighted by Crippen LogP contribution is -1.97. The fourth-order valence-corrected chi connectivity index (χ4v) is 1.91. The maximum absolute atomic E-state index is 10.7. The second-order valence-electron chi connectivity index (χ2n) is 3.92. The van der Waals surface area contributed by atoms with Crippen molar-refractivity contribution in [2.24, 2.45) is 10.2 Å². The first kappa shape index (κ1) is 14.8. The smallest absolute Gasteiger partial charge is 0.269 e. The summed E-state index contributed by atoms with van der Waals surface area (Å²) in [6, 6.07) is 10.4. The topological polar surface area (TPSA) is 125 Å². The molecule has 0 heterocycles. The highest BCUT2D eigenvalue weighted by Gasteiger charge is 2.03. The normalized spacial score (nSPS) is 11.7. The number of non-ortho nitro benzene ring substituents is 1. The van der Waals surface area contributed by atoms with Crippen molar-refractivity contribution in [1.82, 2.24) is 0 Å². The molecule has 2 aromatic carbocycles. The zero-order chi connectivity index (χ0) is 15.5. The summed E-state index contributed by atoms with van der Waals surface area (Å²) >= 11 is 0. The molecule has 0 atom stereocenters. The molecule has 2 rings (SSSR count). The van der Waals surface area contributed by atoms with E-state index in [2.05, 4.69) is 10.2 Å². The van der Waals surface area contributed by atoms with Crippen LogP contribution in [-0.4, -0.2) is 17.9 Å². The first-order chi connectivity index (χ1) is 9.86. The lowest BCUT2D eigenvalue weighted by Gasteiger charge is -2.05. The second kappa shape index (κ2) is 5.77. The number of rotatable bonds is 4. The third kappa shape index (κ3) is 3.91. The van der Waals surface area contributed by atoms with Gasteiger partial charge in [0.25, 0.3) is 5.69 Å². The summed E-state index contributed by atoms with van der Waals surface area (Å²) in [4.78, 5) is 9.61. The Kier molecular flexibility index (Phi) is 4.05. The molecule has 0 spiro atoms. The van der Waals surface area contributed by atoms with Gasteiger partial charge >= 0.3 is 0 Å². The Morgan fingerprint density at radius 1 is 0.857 bits per heavy atom. The molecule has 0 aliphatic carbocycles. The van der Waals surface area contributed by atoms with Gasteiger partial charge in [-0.05, 0) is 36.4 Å². The van der Waals surface area contributed by atoms with Crippen LogP contribution >= 0.6 is 0 Å². The van der Waals surface area contributed by atoms with Crippen molar-refractivity contribution in [2.45, 2.75) is 4.90 Å². The molecule has 0 aliphatic rings. The van der Waals surface area contributed by atoms with Crippen LogP contribution in [0, 0.1) is 10.1 Å². The van der Waals surface area contributed by atoms with E-state index in [1.165, 1.54) is 36.4 Å². The van der Waals surface area contributed by atoms with Crippen LogP contribution in [0.3, 0.4) is 0 Å². The number of nitro benzene ring substituents is 1. The molecule has 2 aromatic rings. The number of hydrogen-bond donors (Lipinski definition) is 0. The van der Waals surface area contributed by atoms with Crippen molar-refractivity contribution in [3.8, 4) is 0 Å². The van der Waals surface area contributed by atoms with Crippen LogP contribution in [0.25, 0.3) is 0 Å². The van der Waals surface area contributed by atoms with Crippen molar-refractivity contribution in [3.05, 3.63) is 58.6 Å². The molecule has 0 saturated carbocycles. The fourth-order valence-electron chi connectivity index (χ4n) is 1.44. The van der Waals surface area contributed by atoms with Crippen molar-refractivity contribution < 1.29 is 17.9 Å². The first-order valence-electron chi connectivity index (χ1n) is 5.58. The van der Waals surface area contributed by atoms with Gasteiger partial charge in [0.2, 0.25) is 0 Å². The largest absolute Gasteiger partial charge is 0.744 e. The predicted octanol–water partition coefficient (Wildman–Crippen LogP) is 2.91. The van der Waals surface area contributed by atoms with Crippen LogP contribution in [0.1, 0.15) is 0 Å². The monoisotopic (exact) mass is 306 g/mol. The summed E-state index contributed by atoms with van der Waals surface area (Å²) in [5.41, 5.74) is 0.695. The zero-order valence-electron chi connectivity index (χ0n) is 10.4. The van der Waals surface area contributed by atoms with E-state index in [-0.39, 0.29) is 10.6 Å². The first-order valence-corrected chi connectivity index (χ1v) is 6.99. The molecule has 0 amide bonds. The second-order valence-corrected chi connectivity index (χ2v) is 5.30. The molecule has 0 radical (unpaired) electrons. The van der Waals surface area contributed by atoms with E-state index in [0.29, 0.717) is 11.4 Å². The van der Waals surface area contributed by atoms with Crippen molar-refractivity contribution in [1.29, 1.82) is 0 Å². The van der Waals surface area contributed by atoms with Crippen LogP contribution in [-0.2, 0) is 10.1 Å². The highest BCUT2D eigenvalue weighted by Crippen LogP contribution is 2.22. The van der Waals surface area contributed by atoms with Gasteiger partial charge in [-0.3, -0.25) is 10.1 Å². The molecular weight excluding hydrogens is 298 g/mol. The van der Waals surface area contributed by atoms with Gasteiger partial charge in [-0.15, -0.1) is 0 Å². The molecule has 8 nitrogen and oxygen atoms in total. The van der Waals surface area contributed by atoms with E-state index in [4.69, 9.17) is 0 Å². The Morgan fingerprint density at radius 3 is 1.67 bits per heavy atom. The molecule has 0 fully saturated rings. The Balaban J connectivity index is 2.15. The molecule has 0 saturated heterocycles. The van der Waals surface area contributed by atoms with Crippen LogP contribution in [0.2, 0.25) is 0 Å². The Hall–Kier alpha value is -2.65. The van der Waals surface area contributed by atoms with Gasteiger partial charge in [0, 0.05) is 12.1 Å². The minimum Gasteiger partial charge on any atom is -0.744 e. The molecule has 0 aromatic heterocycles. The van der Waals surface area contributed by atoms with Gasteiger partial charge < -0.3 is 4.55 Å². The van der Waals surface area contributed by atoms with Gasteiger partial charge in [0.1, 0.15) is 10.1 Å². The van der Waals surface area contributed by atoms with Gasteiger partial charge in [-0.1, -0.05) is 0 Å². The molecule has 0 bridgehead atoms. The molecule has 0 aliphatic heterocycles. The molecule has 108 valence electrons. The summed E-state index contributed by atoms with van der Waals surface area (Å²) in [5.74, 6) is 0. The Morgan fingerprint density at radius 2 is 1.29 bits per heavy atom. The standard InChI is InChI=1S/C12H9N3O5S/c16-15(17)11-5-1-9(2-6-11)13-14-10-3-7-12(8-4-10)21(18,19)20/h1-8H,(H,18,19,20)/p-1. The van der Waals surface area contributed by atoms with Crippen molar-refractivity contribution in [3.63, 3.8) is 0 Å². The lowest BCUT2D eigenvalue weighted by atomic mass is 10.3. The summed E-state index contributed by atoms with van der Waals surface area (Å²) in [5, 5.41) is 18.2. The maximum Gasteiger partial charge on any atom is 0.269 e. The van der Waals surface area contributed by atoms with Crippen molar-refractivity contribution >= 4 is 27.2 Å². The summed E-state index contributed by atoms with van der Waals surface area (Å²) < 4.78 is 32.2. The SMILES string of the molecule is O=[N+]([O-])c1ccc(N=Nc2ccc(S(=O)(=O)[O-])cc2)cc1. The quantitative estimate of drug-likeness (QED) is 0.371. The highest BCUT2D eigenvalue weighted by atomic mass is 32.2. The molecule has 0 unspecified atom stereocenters. The van der Waals surface area contributed by atoms with E-state index in [9.17, 15) is 23.1 Å². The number of hydrogen-bond acceptors (Lipinski definition) is 7. The third-order valence-corrected chi connectivity index (χ3v) is 3.32. The van der Waals surface area contributed by atoms with Gasteiger partial charge in [-0.25, -0.2) is 8.42 Å². The van der Waals surface area contributed by atoms with Crippen LogP contribution in [0.4, 0.5) is 17.1 Å². The van der Waals surface area contributed by atoms with E-state index >= 15 is 0 Å². The molecule has 9 heteroatoms. The molecule has 0 N–H and O–H groups in total. The number of nitro groups is 1. The molecular formula is C12H8N3O5S-. The summed E-state index contributed by atoms with van der Waals surface area (Å²) in [6.45, 7) is 0. The minimum absolute atomic E-state index is 0.0565. The van der Waals surface area contributed by atoms with E-state index in [0.717, 1.165) is 12.1 Å². The zero-order valence-corrected chi connectivity index (χ0v) is 11.2. The summed E-state index contributed by atoms with van der Waals surface area (Å²) in [7, 11) is -4.49. The van der Waals surface area contributed by atoms with Crippen LogP contribution in [0.15, 0.2) is 63.7 Å². The highest BCUT2D eigenvalue weighted by molar-refractivity contribution is 7.85. The Labute approximate surface area is 119 Å². The summed E-state index contributed by atoms with van der Waals surface area (Å²) in [6.07, 6.45) is 0. The fraction of sp³-hybridized carbons (Fsp3) is 0. The van der Waals surface area contributed by atoms with Gasteiger partial charge in [0.15, 0.2) is 0 Å². The molecule has 21 heavy (non-hydrogen) atoms. The predicted molar refractivity (Wildman–Crippen MR) is 71.7 cm³/mol. The van der Waals surface area contributed by atoms with E-state index < -0.39 is 15.0 Å². The van der Waals surface area contributed by atoms with Crippen LogP contribution < -0.4 is 0 Å². The minimum atomic E-state index is -4.49. The van der Waals surface area contributed by atoms with Gasteiger partial charge in [-0.2, -0.15) is 10.2 Å². The van der Waals surface area contributed by atoms with E-state index in [1.54, 1.807) is 0 Å². The third-order valence-electron chi connectivity index (χ3n) is 2.47.